The lowest BCUT2D eigenvalue weighted by atomic mass is 10.0. The van der Waals surface area contributed by atoms with Crippen molar-refractivity contribution in [3.05, 3.63) is 17.7 Å². The van der Waals surface area contributed by atoms with Gasteiger partial charge in [0.05, 0.1) is 17.9 Å². The summed E-state index contributed by atoms with van der Waals surface area (Å²) in [6.45, 7) is -0.312. The van der Waals surface area contributed by atoms with E-state index in [4.69, 9.17) is 15.3 Å². The first-order valence-corrected chi connectivity index (χ1v) is 4.92. The second-order valence-electron chi connectivity index (χ2n) is 3.76. The number of amides is 1. The van der Waals surface area contributed by atoms with E-state index in [9.17, 15) is 14.4 Å². The Kier molecular flexibility index (Phi) is 2.66. The van der Waals surface area contributed by atoms with Gasteiger partial charge in [-0.1, -0.05) is 0 Å². The van der Waals surface area contributed by atoms with Crippen molar-refractivity contribution < 1.29 is 29.7 Å². The summed E-state index contributed by atoms with van der Waals surface area (Å²) in [5, 5.41) is 26.7. The molecule has 2 rings (SSSR count). The van der Waals surface area contributed by atoms with Gasteiger partial charge in [0.1, 0.15) is 12.4 Å². The summed E-state index contributed by atoms with van der Waals surface area (Å²) in [5.41, 5.74) is 0.477. The zero-order valence-electron chi connectivity index (χ0n) is 8.98. The Bertz CT molecular complexity index is 536. The van der Waals surface area contributed by atoms with Gasteiger partial charge in [-0.15, -0.1) is 0 Å². The maximum Gasteiger partial charge on any atom is 0.417 e. The molecule has 3 N–H and O–H groups in total. The SMILES string of the molecule is O=C(O)C1Cc2ncn(C(=O)O)c2CN1C(=O)O. The summed E-state index contributed by atoms with van der Waals surface area (Å²) in [6.07, 6.45) is -1.80. The molecule has 0 saturated carbocycles. The molecule has 9 heteroatoms. The van der Waals surface area contributed by atoms with E-state index in [1.807, 2.05) is 0 Å². The van der Waals surface area contributed by atoms with Crippen LogP contribution in [0, 0.1) is 0 Å². The Hall–Kier alpha value is -2.58. The van der Waals surface area contributed by atoms with Gasteiger partial charge in [0.2, 0.25) is 0 Å². The first kappa shape index (κ1) is 11.9. The van der Waals surface area contributed by atoms with Crippen LogP contribution in [0.5, 0.6) is 0 Å². The van der Waals surface area contributed by atoms with Crippen LogP contribution in [0.15, 0.2) is 6.33 Å². The van der Waals surface area contributed by atoms with Crippen molar-refractivity contribution in [3.8, 4) is 0 Å². The molecule has 18 heavy (non-hydrogen) atoms. The summed E-state index contributed by atoms with van der Waals surface area (Å²) < 4.78 is 0.795. The monoisotopic (exact) mass is 255 g/mol. The molecule has 1 aliphatic rings. The fourth-order valence-electron chi connectivity index (χ4n) is 1.90. The van der Waals surface area contributed by atoms with Crippen molar-refractivity contribution in [2.45, 2.75) is 19.0 Å². The first-order valence-electron chi connectivity index (χ1n) is 4.92. The number of carbonyl (C=O) groups is 3. The summed E-state index contributed by atoms with van der Waals surface area (Å²) >= 11 is 0. The van der Waals surface area contributed by atoms with E-state index in [1.54, 1.807) is 0 Å². The molecule has 0 radical (unpaired) electrons. The molecule has 1 aromatic heterocycles. The number of imidazole rings is 1. The molecule has 0 aliphatic carbocycles. The molecular formula is C9H9N3O6. The van der Waals surface area contributed by atoms with Crippen LogP contribution >= 0.6 is 0 Å². The van der Waals surface area contributed by atoms with Crippen molar-refractivity contribution in [3.63, 3.8) is 0 Å². The maximum atomic E-state index is 11.0. The molecule has 1 atom stereocenters. The molecule has 0 aromatic carbocycles. The van der Waals surface area contributed by atoms with Crippen LogP contribution in [-0.2, 0) is 17.8 Å². The quantitative estimate of drug-likeness (QED) is 0.637. The minimum Gasteiger partial charge on any atom is -0.480 e. The van der Waals surface area contributed by atoms with Crippen molar-refractivity contribution >= 4 is 18.2 Å². The first-order chi connectivity index (χ1) is 8.41. The molecule has 1 amide bonds. The van der Waals surface area contributed by atoms with Gasteiger partial charge >= 0.3 is 18.2 Å². The summed E-state index contributed by atoms with van der Waals surface area (Å²) in [5.74, 6) is -1.28. The van der Waals surface area contributed by atoms with E-state index in [2.05, 4.69) is 4.98 Å². The number of nitrogens with zero attached hydrogens (tertiary/aromatic N) is 3. The number of fused-ring (bicyclic) bond motifs is 1. The Labute approximate surface area is 99.9 Å². The highest BCUT2D eigenvalue weighted by molar-refractivity contribution is 5.80. The molecule has 9 nitrogen and oxygen atoms in total. The van der Waals surface area contributed by atoms with E-state index in [-0.39, 0.29) is 18.7 Å². The van der Waals surface area contributed by atoms with Gasteiger partial charge in [-0.25, -0.2) is 23.9 Å². The van der Waals surface area contributed by atoms with Crippen LogP contribution in [0.3, 0.4) is 0 Å². The number of carboxylic acid groups (broad SMARTS) is 3. The van der Waals surface area contributed by atoms with Gasteiger partial charge in [-0.05, 0) is 0 Å². The zero-order valence-corrected chi connectivity index (χ0v) is 8.98. The average molecular weight is 255 g/mol. The highest BCUT2D eigenvalue weighted by atomic mass is 16.4. The van der Waals surface area contributed by atoms with Crippen LogP contribution in [0.4, 0.5) is 9.59 Å². The van der Waals surface area contributed by atoms with Crippen molar-refractivity contribution in [1.29, 1.82) is 0 Å². The maximum absolute atomic E-state index is 11.0. The van der Waals surface area contributed by atoms with E-state index >= 15 is 0 Å². The normalized spacial score (nSPS) is 18.2. The second-order valence-corrected chi connectivity index (χ2v) is 3.76. The molecule has 1 aliphatic heterocycles. The van der Waals surface area contributed by atoms with Crippen molar-refractivity contribution in [2.24, 2.45) is 0 Å². The predicted octanol–water partition coefficient (Wildman–Crippen LogP) is -0.102. The lowest BCUT2D eigenvalue weighted by molar-refractivity contribution is -0.143. The lowest BCUT2D eigenvalue weighted by Gasteiger charge is -2.30. The highest BCUT2D eigenvalue weighted by Crippen LogP contribution is 2.22. The summed E-state index contributed by atoms with van der Waals surface area (Å²) in [4.78, 5) is 37.3. The third-order valence-corrected chi connectivity index (χ3v) is 2.77. The molecular weight excluding hydrogens is 246 g/mol. The molecule has 0 bridgehead atoms. The average Bonchev–Trinajstić information content (AvgIpc) is 2.69. The number of aliphatic carboxylic acids is 1. The molecule has 96 valence electrons. The number of aromatic nitrogens is 2. The van der Waals surface area contributed by atoms with E-state index < -0.39 is 24.2 Å². The minimum absolute atomic E-state index is 0.142. The summed E-state index contributed by atoms with van der Waals surface area (Å²) in [6, 6.07) is -1.24. The molecule has 1 unspecified atom stereocenters. The van der Waals surface area contributed by atoms with Crippen LogP contribution in [0.2, 0.25) is 0 Å². The third kappa shape index (κ3) is 1.75. The second kappa shape index (κ2) is 4.02. The molecule has 0 spiro atoms. The smallest absolute Gasteiger partial charge is 0.417 e. The van der Waals surface area contributed by atoms with Crippen LogP contribution < -0.4 is 0 Å². The molecule has 0 fully saturated rings. The van der Waals surface area contributed by atoms with Crippen LogP contribution in [0.25, 0.3) is 0 Å². The van der Waals surface area contributed by atoms with Gasteiger partial charge in [0, 0.05) is 6.42 Å². The van der Waals surface area contributed by atoms with Crippen molar-refractivity contribution in [2.75, 3.05) is 0 Å². The minimum atomic E-state index is -1.41. The standard InChI is InChI=1S/C9H9N3O6/c13-7(14)5-1-4-6(2-11(5)8(15)16)12(3-10-4)9(17)18/h3,5H,1-2H2,(H,13,14)(H,15,16)(H,17,18). The van der Waals surface area contributed by atoms with Crippen LogP contribution in [0.1, 0.15) is 11.4 Å². The summed E-state index contributed by atoms with van der Waals surface area (Å²) in [7, 11) is 0. The Morgan fingerprint density at radius 3 is 2.39 bits per heavy atom. The Balaban J connectivity index is 2.43. The van der Waals surface area contributed by atoms with E-state index in [0.717, 1.165) is 10.9 Å². The van der Waals surface area contributed by atoms with Crippen molar-refractivity contribution in [1.82, 2.24) is 14.5 Å². The van der Waals surface area contributed by atoms with Gasteiger partial charge < -0.3 is 15.3 Å². The fraction of sp³-hybridized carbons (Fsp3) is 0.333. The largest absolute Gasteiger partial charge is 0.480 e. The number of hydrogen-bond acceptors (Lipinski definition) is 4. The number of carboxylic acids is 1. The van der Waals surface area contributed by atoms with E-state index in [0.29, 0.717) is 10.6 Å². The molecule has 2 heterocycles. The van der Waals surface area contributed by atoms with Gasteiger partial charge in [-0.2, -0.15) is 0 Å². The fourth-order valence-corrected chi connectivity index (χ4v) is 1.90. The number of rotatable bonds is 1. The van der Waals surface area contributed by atoms with Gasteiger partial charge in [-0.3, -0.25) is 4.90 Å². The zero-order chi connectivity index (χ0) is 13.4. The highest BCUT2D eigenvalue weighted by Gasteiger charge is 2.37. The van der Waals surface area contributed by atoms with Crippen LogP contribution in [-0.4, -0.2) is 54.0 Å². The number of hydrogen-bond donors (Lipinski definition) is 3. The molecule has 1 aromatic rings. The Morgan fingerprint density at radius 2 is 1.89 bits per heavy atom. The Morgan fingerprint density at radius 1 is 1.22 bits per heavy atom. The van der Waals surface area contributed by atoms with Gasteiger partial charge in [0.25, 0.3) is 0 Å². The third-order valence-electron chi connectivity index (χ3n) is 2.77. The van der Waals surface area contributed by atoms with E-state index in [1.165, 1.54) is 0 Å². The predicted molar refractivity (Wildman–Crippen MR) is 54.3 cm³/mol. The topological polar surface area (TPSA) is 133 Å². The molecule has 0 saturated heterocycles. The van der Waals surface area contributed by atoms with Gasteiger partial charge in [0.15, 0.2) is 0 Å². The lowest BCUT2D eigenvalue weighted by Crippen LogP contribution is -2.48.